The first-order valence-corrected chi connectivity index (χ1v) is 9.73. The Kier molecular flexibility index (Phi) is 8.34. The number of anilines is 2. The summed E-state index contributed by atoms with van der Waals surface area (Å²) in [5.41, 5.74) is 1.98. The number of hydrogen-bond donors (Lipinski definition) is 2. The van der Waals surface area contributed by atoms with E-state index >= 15 is 0 Å². The predicted octanol–water partition coefficient (Wildman–Crippen LogP) is 4.01. The predicted molar refractivity (Wildman–Crippen MR) is 113 cm³/mol. The van der Waals surface area contributed by atoms with Gasteiger partial charge in [0.05, 0.1) is 13.2 Å². The molecule has 0 aliphatic carbocycles. The van der Waals surface area contributed by atoms with Crippen LogP contribution in [0.3, 0.4) is 0 Å². The Morgan fingerprint density at radius 3 is 2.39 bits per heavy atom. The molecule has 0 radical (unpaired) electrons. The Morgan fingerprint density at radius 2 is 1.68 bits per heavy atom. The molecule has 2 amide bonds. The molecular weight excluding hydrogens is 354 g/mol. The van der Waals surface area contributed by atoms with E-state index in [-0.39, 0.29) is 18.4 Å². The van der Waals surface area contributed by atoms with Crippen molar-refractivity contribution in [2.75, 3.05) is 36.9 Å². The normalized spacial score (nSPS) is 10.2. The van der Waals surface area contributed by atoms with E-state index in [4.69, 9.17) is 4.74 Å². The van der Waals surface area contributed by atoms with Crippen LogP contribution in [-0.4, -0.2) is 43.0 Å². The fraction of sp³-hybridized carbons (Fsp3) is 0.364. The maximum absolute atomic E-state index is 12.5. The number of benzene rings is 2. The molecule has 28 heavy (non-hydrogen) atoms. The minimum Gasteiger partial charge on any atom is -0.494 e. The smallest absolute Gasteiger partial charge is 0.253 e. The van der Waals surface area contributed by atoms with Crippen LogP contribution in [0.5, 0.6) is 5.75 Å². The van der Waals surface area contributed by atoms with Gasteiger partial charge in [0, 0.05) is 36.1 Å². The maximum atomic E-state index is 12.5. The molecule has 0 spiro atoms. The van der Waals surface area contributed by atoms with E-state index in [1.54, 1.807) is 29.2 Å². The number of rotatable bonds is 10. The summed E-state index contributed by atoms with van der Waals surface area (Å²) in [5.74, 6) is 0.547. The molecule has 2 rings (SSSR count). The first-order chi connectivity index (χ1) is 13.6. The van der Waals surface area contributed by atoms with Crippen LogP contribution < -0.4 is 15.4 Å². The van der Waals surface area contributed by atoms with Gasteiger partial charge in [0.25, 0.3) is 5.91 Å². The number of nitrogens with one attached hydrogen (secondary N) is 2. The second-order valence-corrected chi connectivity index (χ2v) is 6.34. The molecule has 0 aromatic heterocycles. The van der Waals surface area contributed by atoms with E-state index in [1.807, 2.05) is 38.1 Å². The van der Waals surface area contributed by atoms with Crippen molar-refractivity contribution in [3.63, 3.8) is 0 Å². The van der Waals surface area contributed by atoms with Crippen molar-refractivity contribution in [3.05, 3.63) is 54.1 Å². The number of carbonyl (C=O) groups excluding carboxylic acids is 2. The zero-order valence-electron chi connectivity index (χ0n) is 16.8. The summed E-state index contributed by atoms with van der Waals surface area (Å²) in [4.78, 5) is 26.5. The van der Waals surface area contributed by atoms with Gasteiger partial charge in [0.2, 0.25) is 5.91 Å². The topological polar surface area (TPSA) is 70.7 Å². The van der Waals surface area contributed by atoms with Crippen molar-refractivity contribution < 1.29 is 14.3 Å². The molecule has 0 atom stereocenters. The molecule has 150 valence electrons. The monoisotopic (exact) mass is 383 g/mol. The first-order valence-electron chi connectivity index (χ1n) is 9.73. The minimum absolute atomic E-state index is 0.0388. The summed E-state index contributed by atoms with van der Waals surface area (Å²) >= 11 is 0. The summed E-state index contributed by atoms with van der Waals surface area (Å²) in [5, 5.41) is 5.92. The molecule has 2 N–H and O–H groups in total. The van der Waals surface area contributed by atoms with E-state index in [0.29, 0.717) is 30.9 Å². The van der Waals surface area contributed by atoms with Crippen molar-refractivity contribution in [1.82, 2.24) is 4.90 Å². The van der Waals surface area contributed by atoms with E-state index < -0.39 is 0 Å². The minimum atomic E-state index is -0.188. The fourth-order valence-electron chi connectivity index (χ4n) is 2.73. The van der Waals surface area contributed by atoms with Crippen LogP contribution in [0.4, 0.5) is 11.4 Å². The number of nitrogens with zero attached hydrogens (tertiary/aromatic N) is 1. The van der Waals surface area contributed by atoms with Crippen LogP contribution in [0.25, 0.3) is 0 Å². The molecule has 2 aromatic carbocycles. The molecule has 0 bridgehead atoms. The summed E-state index contributed by atoms with van der Waals surface area (Å²) < 4.78 is 5.60. The summed E-state index contributed by atoms with van der Waals surface area (Å²) in [7, 11) is 0. The van der Waals surface area contributed by atoms with E-state index in [1.165, 1.54) is 0 Å². The van der Waals surface area contributed by atoms with Gasteiger partial charge in [-0.15, -0.1) is 0 Å². The zero-order valence-corrected chi connectivity index (χ0v) is 16.8. The first kappa shape index (κ1) is 21.3. The van der Waals surface area contributed by atoms with Crippen molar-refractivity contribution in [2.24, 2.45) is 0 Å². The lowest BCUT2D eigenvalue weighted by Gasteiger charge is -2.19. The Hall–Kier alpha value is -3.02. The van der Waals surface area contributed by atoms with Crippen molar-refractivity contribution in [3.8, 4) is 5.75 Å². The maximum Gasteiger partial charge on any atom is 0.253 e. The molecule has 0 saturated carbocycles. The molecular formula is C22H29N3O3. The quantitative estimate of drug-likeness (QED) is 0.650. The lowest BCUT2D eigenvalue weighted by molar-refractivity contribution is -0.114. The van der Waals surface area contributed by atoms with Crippen LogP contribution in [0.1, 0.15) is 37.6 Å². The van der Waals surface area contributed by atoms with Gasteiger partial charge in [-0.2, -0.15) is 0 Å². The second-order valence-electron chi connectivity index (χ2n) is 6.34. The standard InChI is InChI=1S/C22H29N3O3/c1-4-13-28-20-12-8-10-18(15-20)23-16-21(26)24-19-11-7-9-17(14-19)22(27)25(5-2)6-3/h7-12,14-15,23H,4-6,13,16H2,1-3H3,(H,24,26). The van der Waals surface area contributed by atoms with Gasteiger partial charge in [0.15, 0.2) is 0 Å². The molecule has 6 heteroatoms. The number of carbonyl (C=O) groups is 2. The summed E-state index contributed by atoms with van der Waals surface area (Å²) in [6.07, 6.45) is 0.940. The molecule has 0 aliphatic heterocycles. The highest BCUT2D eigenvalue weighted by molar-refractivity contribution is 5.98. The second kappa shape index (κ2) is 11.0. The van der Waals surface area contributed by atoms with Gasteiger partial charge in [0.1, 0.15) is 5.75 Å². The average Bonchev–Trinajstić information content (AvgIpc) is 2.72. The third kappa shape index (κ3) is 6.30. The third-order valence-corrected chi connectivity index (χ3v) is 4.20. The Labute approximate surface area is 166 Å². The Balaban J connectivity index is 1.93. The average molecular weight is 383 g/mol. The highest BCUT2D eigenvalue weighted by Crippen LogP contribution is 2.17. The van der Waals surface area contributed by atoms with Crippen LogP contribution in [0.2, 0.25) is 0 Å². The van der Waals surface area contributed by atoms with Crippen LogP contribution >= 0.6 is 0 Å². The van der Waals surface area contributed by atoms with Gasteiger partial charge in [-0.3, -0.25) is 9.59 Å². The SMILES string of the molecule is CCCOc1cccc(NCC(=O)Nc2cccc(C(=O)N(CC)CC)c2)c1. The van der Waals surface area contributed by atoms with Crippen molar-refractivity contribution in [1.29, 1.82) is 0 Å². The van der Waals surface area contributed by atoms with Crippen LogP contribution in [-0.2, 0) is 4.79 Å². The molecule has 0 saturated heterocycles. The molecule has 0 unspecified atom stereocenters. The molecule has 2 aromatic rings. The number of amides is 2. The molecule has 0 aliphatic rings. The van der Waals surface area contributed by atoms with Crippen LogP contribution in [0, 0.1) is 0 Å². The third-order valence-electron chi connectivity index (χ3n) is 4.20. The highest BCUT2D eigenvalue weighted by atomic mass is 16.5. The van der Waals surface area contributed by atoms with Crippen molar-refractivity contribution in [2.45, 2.75) is 27.2 Å². The molecule has 0 fully saturated rings. The number of hydrogen-bond acceptors (Lipinski definition) is 4. The Morgan fingerprint density at radius 1 is 0.964 bits per heavy atom. The van der Waals surface area contributed by atoms with E-state index in [9.17, 15) is 9.59 Å². The number of ether oxygens (including phenoxy) is 1. The van der Waals surface area contributed by atoms with E-state index in [0.717, 1.165) is 17.9 Å². The summed E-state index contributed by atoms with van der Waals surface area (Å²) in [6.45, 7) is 8.02. The zero-order chi connectivity index (χ0) is 20.4. The van der Waals surface area contributed by atoms with Gasteiger partial charge in [-0.05, 0) is 50.6 Å². The lowest BCUT2D eigenvalue weighted by Crippen LogP contribution is -2.30. The highest BCUT2D eigenvalue weighted by Gasteiger charge is 2.13. The molecule has 0 heterocycles. The lowest BCUT2D eigenvalue weighted by atomic mass is 10.1. The van der Waals surface area contributed by atoms with Crippen molar-refractivity contribution >= 4 is 23.2 Å². The molecule has 6 nitrogen and oxygen atoms in total. The van der Waals surface area contributed by atoms with Gasteiger partial charge >= 0.3 is 0 Å². The Bertz CT molecular complexity index is 788. The van der Waals surface area contributed by atoms with Gasteiger partial charge in [-0.1, -0.05) is 19.1 Å². The summed E-state index contributed by atoms with van der Waals surface area (Å²) in [6, 6.07) is 14.5. The van der Waals surface area contributed by atoms with E-state index in [2.05, 4.69) is 17.6 Å². The van der Waals surface area contributed by atoms with Gasteiger partial charge < -0.3 is 20.3 Å². The van der Waals surface area contributed by atoms with Gasteiger partial charge in [-0.25, -0.2) is 0 Å². The largest absolute Gasteiger partial charge is 0.494 e. The van der Waals surface area contributed by atoms with Crippen LogP contribution in [0.15, 0.2) is 48.5 Å². The fourth-order valence-corrected chi connectivity index (χ4v) is 2.73.